The first-order valence-electron chi connectivity index (χ1n) is 7.26. The van der Waals surface area contributed by atoms with E-state index in [-0.39, 0.29) is 34.5 Å². The van der Waals surface area contributed by atoms with Gasteiger partial charge in [0.15, 0.2) is 0 Å². The summed E-state index contributed by atoms with van der Waals surface area (Å²) >= 11 is 9.94. The lowest BCUT2D eigenvalue weighted by Gasteiger charge is -2.22. The zero-order valence-corrected chi connectivity index (χ0v) is 15.1. The van der Waals surface area contributed by atoms with E-state index in [1.807, 2.05) is 25.1 Å². The summed E-state index contributed by atoms with van der Waals surface area (Å²) in [7, 11) is 0. The molecule has 5 unspecified atom stereocenters. The van der Waals surface area contributed by atoms with Crippen LogP contribution < -0.4 is 0 Å². The van der Waals surface area contributed by atoms with Gasteiger partial charge in [-0.1, -0.05) is 28.1 Å². The molecule has 5 atom stereocenters. The minimum Gasteiger partial charge on any atom is -0.458 e. The van der Waals surface area contributed by atoms with E-state index in [0.717, 1.165) is 6.42 Å². The molecule has 0 aromatic rings. The van der Waals surface area contributed by atoms with Gasteiger partial charge in [0.2, 0.25) is 0 Å². The Bertz CT molecular complexity index is 461. The zero-order chi connectivity index (χ0) is 16.5. The Morgan fingerprint density at radius 1 is 1.64 bits per heavy atom. The fourth-order valence-corrected chi connectivity index (χ4v) is 3.44. The van der Waals surface area contributed by atoms with Gasteiger partial charge in [0, 0.05) is 24.2 Å². The molecule has 1 aliphatic heterocycles. The van der Waals surface area contributed by atoms with Crippen molar-refractivity contribution in [2.24, 2.45) is 0 Å². The fourth-order valence-electron chi connectivity index (χ4n) is 2.40. The zero-order valence-electron chi connectivity index (χ0n) is 12.7. The molecule has 22 heavy (non-hydrogen) atoms. The van der Waals surface area contributed by atoms with Crippen LogP contribution in [0.15, 0.2) is 24.3 Å². The van der Waals surface area contributed by atoms with Gasteiger partial charge in [-0.25, -0.2) is 0 Å². The Morgan fingerprint density at radius 2 is 2.36 bits per heavy atom. The quantitative estimate of drug-likeness (QED) is 0.286. The van der Waals surface area contributed by atoms with Crippen LogP contribution in [0, 0.1) is 11.3 Å². The first-order chi connectivity index (χ1) is 10.5. The van der Waals surface area contributed by atoms with Gasteiger partial charge in [-0.3, -0.25) is 4.79 Å². The number of nitriles is 1. The lowest BCUT2D eigenvalue weighted by Crippen LogP contribution is -2.27. The third-order valence-corrected chi connectivity index (χ3v) is 4.78. The SMILES string of the molecule is CC=CC(CC(Br)C1CC(Cl)C(CC=CC#N)O1)OC(C)=O. The van der Waals surface area contributed by atoms with Crippen LogP contribution in [0.2, 0.25) is 0 Å². The highest BCUT2D eigenvalue weighted by atomic mass is 79.9. The third kappa shape index (κ3) is 6.51. The number of hydrogen-bond acceptors (Lipinski definition) is 4. The average Bonchev–Trinajstić information content (AvgIpc) is 2.80. The standard InChI is InChI=1S/C16H21BrClNO3/c1-3-6-12(21-11(2)20)9-13(17)16-10-14(18)15(22-16)7-4-5-8-19/h3-6,12-16H,7,9-10H2,1-2H3. The molecule has 4 nitrogen and oxygen atoms in total. The first kappa shape index (κ1) is 19.2. The molecule has 1 aliphatic rings. The van der Waals surface area contributed by atoms with Crippen LogP contribution in [0.25, 0.3) is 0 Å². The van der Waals surface area contributed by atoms with Crippen molar-refractivity contribution in [3.05, 3.63) is 24.3 Å². The van der Waals surface area contributed by atoms with Gasteiger partial charge in [0.25, 0.3) is 0 Å². The summed E-state index contributed by atoms with van der Waals surface area (Å²) in [6, 6.07) is 1.95. The van der Waals surface area contributed by atoms with Gasteiger partial charge in [0.05, 0.1) is 23.7 Å². The number of nitrogens with zero attached hydrogens (tertiary/aromatic N) is 1. The Kier molecular flexibility index (Phi) is 8.77. The Hall–Kier alpha value is -0.830. The van der Waals surface area contributed by atoms with E-state index >= 15 is 0 Å². The van der Waals surface area contributed by atoms with Gasteiger partial charge in [-0.15, -0.1) is 11.6 Å². The molecule has 0 spiro atoms. The molecular weight excluding hydrogens is 370 g/mol. The Balaban J connectivity index is 2.55. The lowest BCUT2D eigenvalue weighted by atomic mass is 10.1. The molecule has 0 aliphatic carbocycles. The van der Waals surface area contributed by atoms with Crippen LogP contribution in [0.4, 0.5) is 0 Å². The third-order valence-electron chi connectivity index (χ3n) is 3.36. The lowest BCUT2D eigenvalue weighted by molar-refractivity contribution is -0.144. The minimum atomic E-state index is -0.301. The summed E-state index contributed by atoms with van der Waals surface area (Å²) in [5, 5.41) is 8.42. The molecule has 1 heterocycles. The maximum atomic E-state index is 11.1. The van der Waals surface area contributed by atoms with E-state index in [0.29, 0.717) is 12.8 Å². The number of esters is 1. The van der Waals surface area contributed by atoms with Crippen molar-refractivity contribution in [3.8, 4) is 6.07 Å². The number of alkyl halides is 2. The van der Waals surface area contributed by atoms with Gasteiger partial charge in [-0.05, 0) is 25.8 Å². The van der Waals surface area contributed by atoms with Crippen molar-refractivity contribution in [2.75, 3.05) is 0 Å². The molecule has 0 bridgehead atoms. The molecule has 6 heteroatoms. The Morgan fingerprint density at radius 3 is 2.95 bits per heavy atom. The van der Waals surface area contributed by atoms with Crippen LogP contribution in [-0.2, 0) is 14.3 Å². The van der Waals surface area contributed by atoms with Crippen LogP contribution in [0.3, 0.4) is 0 Å². The molecule has 0 aromatic carbocycles. The van der Waals surface area contributed by atoms with Crippen molar-refractivity contribution in [1.29, 1.82) is 5.26 Å². The maximum Gasteiger partial charge on any atom is 0.303 e. The summed E-state index contributed by atoms with van der Waals surface area (Å²) in [6.07, 6.45) is 8.50. The normalized spacial score (nSPS) is 27.9. The highest BCUT2D eigenvalue weighted by Gasteiger charge is 2.37. The molecule has 1 rings (SSSR count). The van der Waals surface area contributed by atoms with Crippen molar-refractivity contribution in [2.45, 2.75) is 61.6 Å². The molecule has 0 N–H and O–H groups in total. The second-order valence-corrected chi connectivity index (χ2v) is 6.89. The van der Waals surface area contributed by atoms with E-state index in [1.54, 1.807) is 6.08 Å². The number of carbonyl (C=O) groups excluding carboxylic acids is 1. The van der Waals surface area contributed by atoms with Crippen molar-refractivity contribution in [3.63, 3.8) is 0 Å². The fraction of sp³-hybridized carbons (Fsp3) is 0.625. The summed E-state index contributed by atoms with van der Waals surface area (Å²) < 4.78 is 11.2. The van der Waals surface area contributed by atoms with Crippen molar-refractivity contribution < 1.29 is 14.3 Å². The predicted molar refractivity (Wildman–Crippen MR) is 90.0 cm³/mol. The molecule has 0 saturated carbocycles. The first-order valence-corrected chi connectivity index (χ1v) is 8.61. The number of carbonyl (C=O) groups is 1. The second-order valence-electron chi connectivity index (χ2n) is 5.16. The van der Waals surface area contributed by atoms with E-state index in [2.05, 4.69) is 15.9 Å². The smallest absolute Gasteiger partial charge is 0.303 e. The topological polar surface area (TPSA) is 59.3 Å². The highest BCUT2D eigenvalue weighted by molar-refractivity contribution is 9.09. The van der Waals surface area contributed by atoms with E-state index in [1.165, 1.54) is 13.0 Å². The van der Waals surface area contributed by atoms with Gasteiger partial charge >= 0.3 is 5.97 Å². The van der Waals surface area contributed by atoms with Crippen molar-refractivity contribution in [1.82, 2.24) is 0 Å². The molecule has 0 amide bonds. The van der Waals surface area contributed by atoms with E-state index in [4.69, 9.17) is 26.3 Å². The van der Waals surface area contributed by atoms with Gasteiger partial charge < -0.3 is 9.47 Å². The average molecular weight is 391 g/mol. The van der Waals surface area contributed by atoms with Crippen LogP contribution in [-0.4, -0.2) is 34.5 Å². The second kappa shape index (κ2) is 10.0. The molecule has 1 fully saturated rings. The van der Waals surface area contributed by atoms with Crippen LogP contribution in [0.1, 0.15) is 33.1 Å². The number of ether oxygens (including phenoxy) is 2. The van der Waals surface area contributed by atoms with Crippen molar-refractivity contribution >= 4 is 33.5 Å². The summed E-state index contributed by atoms with van der Waals surface area (Å²) in [5.41, 5.74) is 0. The van der Waals surface area contributed by atoms with Gasteiger partial charge in [0.1, 0.15) is 6.10 Å². The molecule has 0 aromatic heterocycles. The van der Waals surface area contributed by atoms with Crippen LogP contribution in [0.5, 0.6) is 0 Å². The van der Waals surface area contributed by atoms with Gasteiger partial charge in [-0.2, -0.15) is 5.26 Å². The summed E-state index contributed by atoms with van der Waals surface area (Å²) in [6.45, 7) is 3.29. The highest BCUT2D eigenvalue weighted by Crippen LogP contribution is 2.33. The minimum absolute atomic E-state index is 0.0358. The monoisotopic (exact) mass is 389 g/mol. The van der Waals surface area contributed by atoms with E-state index in [9.17, 15) is 4.79 Å². The maximum absolute atomic E-state index is 11.1. The summed E-state index contributed by atoms with van der Waals surface area (Å²) in [4.78, 5) is 11.2. The summed E-state index contributed by atoms with van der Waals surface area (Å²) in [5.74, 6) is -0.301. The predicted octanol–water partition coefficient (Wildman–Crippen LogP) is 3.88. The molecular formula is C16H21BrClNO3. The van der Waals surface area contributed by atoms with E-state index < -0.39 is 0 Å². The number of hydrogen-bond donors (Lipinski definition) is 0. The van der Waals surface area contributed by atoms with Crippen LogP contribution >= 0.6 is 27.5 Å². The Labute approximate surface area is 145 Å². The number of allylic oxidation sites excluding steroid dienone is 2. The largest absolute Gasteiger partial charge is 0.458 e. The number of halogens is 2. The number of rotatable bonds is 7. The molecule has 1 saturated heterocycles. The molecule has 122 valence electrons. The molecule has 0 radical (unpaired) electrons.